The van der Waals surface area contributed by atoms with Crippen molar-refractivity contribution < 1.29 is 0 Å². The molecule has 1 aromatic rings. The fourth-order valence-corrected chi connectivity index (χ4v) is 1.71. The Kier molecular flexibility index (Phi) is 5.85. The normalized spacial score (nSPS) is 12.6. The zero-order valence-electron chi connectivity index (χ0n) is 11.8. The van der Waals surface area contributed by atoms with E-state index in [0.29, 0.717) is 11.9 Å². The van der Waals surface area contributed by atoms with E-state index in [9.17, 15) is 0 Å². The monoisotopic (exact) mass is 251 g/mol. The van der Waals surface area contributed by atoms with E-state index in [1.165, 1.54) is 12.8 Å². The van der Waals surface area contributed by atoms with Gasteiger partial charge in [0.2, 0.25) is 0 Å². The smallest absolute Gasteiger partial charge is 0.145 e. The molecule has 0 aromatic carbocycles. The van der Waals surface area contributed by atoms with Gasteiger partial charge in [0, 0.05) is 18.0 Å². The van der Waals surface area contributed by atoms with E-state index in [2.05, 4.69) is 48.4 Å². The van der Waals surface area contributed by atoms with Crippen molar-refractivity contribution in [2.75, 3.05) is 10.7 Å². The van der Waals surface area contributed by atoms with Crippen LogP contribution in [-0.4, -0.2) is 16.0 Å². The third-order valence-corrected chi connectivity index (χ3v) is 2.79. The van der Waals surface area contributed by atoms with Crippen molar-refractivity contribution in [3.05, 3.63) is 11.9 Å². The lowest BCUT2D eigenvalue weighted by Crippen LogP contribution is -2.18. The van der Waals surface area contributed by atoms with Crippen molar-refractivity contribution in [3.63, 3.8) is 0 Å². The van der Waals surface area contributed by atoms with Gasteiger partial charge < -0.3 is 10.7 Å². The SMILES string of the molecule is CCCCC(C)Nc1cc(NN)nc(C(C)C)n1. The summed E-state index contributed by atoms with van der Waals surface area (Å²) >= 11 is 0. The minimum atomic E-state index is 0.282. The van der Waals surface area contributed by atoms with Crippen LogP contribution in [0, 0.1) is 0 Å². The molecule has 1 unspecified atom stereocenters. The molecule has 0 bridgehead atoms. The molecule has 0 radical (unpaired) electrons. The molecule has 1 heterocycles. The van der Waals surface area contributed by atoms with Gasteiger partial charge in [0.15, 0.2) is 0 Å². The largest absolute Gasteiger partial charge is 0.367 e. The fourth-order valence-electron chi connectivity index (χ4n) is 1.71. The highest BCUT2D eigenvalue weighted by atomic mass is 15.3. The Labute approximate surface area is 110 Å². The molecular weight excluding hydrogens is 226 g/mol. The third-order valence-electron chi connectivity index (χ3n) is 2.79. The summed E-state index contributed by atoms with van der Waals surface area (Å²) in [6.45, 7) is 8.51. The van der Waals surface area contributed by atoms with Crippen LogP contribution in [0.4, 0.5) is 11.6 Å². The second-order valence-electron chi connectivity index (χ2n) is 4.98. The standard InChI is InChI=1S/C13H25N5/c1-5-6-7-10(4)15-11-8-12(18-14)17-13(16-11)9(2)3/h8-10H,5-7,14H2,1-4H3,(H2,15,16,17,18). The maximum atomic E-state index is 5.43. The Morgan fingerprint density at radius 1 is 1.22 bits per heavy atom. The first kappa shape index (κ1) is 14.7. The molecule has 0 spiro atoms. The third kappa shape index (κ3) is 4.49. The van der Waals surface area contributed by atoms with Crippen LogP contribution in [-0.2, 0) is 0 Å². The number of nitrogens with zero attached hydrogens (tertiary/aromatic N) is 2. The number of hydrazine groups is 1. The summed E-state index contributed by atoms with van der Waals surface area (Å²) in [5.74, 6) is 8.00. The van der Waals surface area contributed by atoms with Gasteiger partial charge in [-0.2, -0.15) is 0 Å². The van der Waals surface area contributed by atoms with Gasteiger partial charge >= 0.3 is 0 Å². The second-order valence-corrected chi connectivity index (χ2v) is 4.98. The highest BCUT2D eigenvalue weighted by Gasteiger charge is 2.09. The second kappa shape index (κ2) is 7.16. The van der Waals surface area contributed by atoms with Crippen LogP contribution in [0.1, 0.15) is 58.7 Å². The van der Waals surface area contributed by atoms with Crippen molar-refractivity contribution in [2.24, 2.45) is 5.84 Å². The van der Waals surface area contributed by atoms with Gasteiger partial charge in [-0.15, -0.1) is 0 Å². The molecule has 0 saturated heterocycles. The van der Waals surface area contributed by atoms with Gasteiger partial charge in [-0.25, -0.2) is 15.8 Å². The summed E-state index contributed by atoms with van der Waals surface area (Å²) in [5, 5.41) is 3.40. The number of unbranched alkanes of at least 4 members (excludes halogenated alkanes) is 1. The molecule has 0 saturated carbocycles. The van der Waals surface area contributed by atoms with Crippen molar-refractivity contribution >= 4 is 11.6 Å². The first-order valence-electron chi connectivity index (χ1n) is 6.69. The number of nitrogens with two attached hydrogens (primary N) is 1. The number of aromatic nitrogens is 2. The number of nitrogens with one attached hydrogen (secondary N) is 2. The Hall–Kier alpha value is -1.36. The zero-order valence-corrected chi connectivity index (χ0v) is 11.8. The Morgan fingerprint density at radius 2 is 1.89 bits per heavy atom. The minimum absolute atomic E-state index is 0.282. The molecule has 0 aliphatic carbocycles. The van der Waals surface area contributed by atoms with Crippen molar-refractivity contribution in [2.45, 2.75) is 58.9 Å². The topological polar surface area (TPSA) is 75.9 Å². The van der Waals surface area contributed by atoms with Crippen LogP contribution in [0.25, 0.3) is 0 Å². The average Bonchev–Trinajstić information content (AvgIpc) is 2.35. The summed E-state index contributed by atoms with van der Waals surface area (Å²) in [5.41, 5.74) is 2.59. The highest BCUT2D eigenvalue weighted by molar-refractivity contribution is 5.47. The molecule has 1 atom stereocenters. The number of rotatable bonds is 7. The van der Waals surface area contributed by atoms with Gasteiger partial charge in [0.1, 0.15) is 17.5 Å². The van der Waals surface area contributed by atoms with Crippen molar-refractivity contribution in [3.8, 4) is 0 Å². The molecule has 0 fully saturated rings. The van der Waals surface area contributed by atoms with E-state index in [4.69, 9.17) is 5.84 Å². The molecular formula is C13H25N5. The number of hydrogen-bond acceptors (Lipinski definition) is 5. The summed E-state index contributed by atoms with van der Waals surface area (Å²) in [6.07, 6.45) is 3.57. The number of nitrogen functional groups attached to an aromatic ring is 1. The first-order chi connectivity index (χ1) is 8.56. The summed E-state index contributed by atoms with van der Waals surface area (Å²) in [7, 11) is 0. The lowest BCUT2D eigenvalue weighted by atomic mass is 10.1. The van der Waals surface area contributed by atoms with Crippen LogP contribution in [0.5, 0.6) is 0 Å². The maximum Gasteiger partial charge on any atom is 0.145 e. The molecule has 5 nitrogen and oxygen atoms in total. The van der Waals surface area contributed by atoms with Crippen molar-refractivity contribution in [1.82, 2.24) is 9.97 Å². The van der Waals surface area contributed by atoms with Crippen molar-refractivity contribution in [1.29, 1.82) is 0 Å². The van der Waals surface area contributed by atoms with Gasteiger partial charge in [-0.05, 0) is 13.3 Å². The van der Waals surface area contributed by atoms with Gasteiger partial charge in [0.25, 0.3) is 0 Å². The van der Waals surface area contributed by atoms with Crippen LogP contribution in [0.2, 0.25) is 0 Å². The molecule has 1 rings (SSSR count). The van der Waals surface area contributed by atoms with Crippen LogP contribution in [0.15, 0.2) is 6.07 Å². The quantitative estimate of drug-likeness (QED) is 0.513. The predicted octanol–water partition coefficient (Wildman–Crippen LogP) is 2.88. The lowest BCUT2D eigenvalue weighted by Gasteiger charge is -2.16. The molecule has 4 N–H and O–H groups in total. The van der Waals surface area contributed by atoms with E-state index in [1.807, 2.05) is 6.07 Å². The Bertz CT molecular complexity index is 364. The lowest BCUT2D eigenvalue weighted by molar-refractivity contribution is 0.641. The maximum absolute atomic E-state index is 5.43. The zero-order chi connectivity index (χ0) is 13.5. The molecule has 102 valence electrons. The van der Waals surface area contributed by atoms with Gasteiger partial charge in [-0.1, -0.05) is 33.6 Å². The average molecular weight is 251 g/mol. The molecule has 0 aliphatic heterocycles. The molecule has 0 aliphatic rings. The van der Waals surface area contributed by atoms with E-state index < -0.39 is 0 Å². The fraction of sp³-hybridized carbons (Fsp3) is 0.692. The number of hydrogen-bond donors (Lipinski definition) is 3. The van der Waals surface area contributed by atoms with E-state index in [0.717, 1.165) is 18.1 Å². The van der Waals surface area contributed by atoms with Gasteiger partial charge in [0.05, 0.1) is 0 Å². The molecule has 1 aromatic heterocycles. The summed E-state index contributed by atoms with van der Waals surface area (Å²) in [4.78, 5) is 8.84. The summed E-state index contributed by atoms with van der Waals surface area (Å²) < 4.78 is 0. The van der Waals surface area contributed by atoms with E-state index in [1.54, 1.807) is 0 Å². The molecule has 18 heavy (non-hydrogen) atoms. The molecule has 0 amide bonds. The van der Waals surface area contributed by atoms with Crippen LogP contribution in [0.3, 0.4) is 0 Å². The summed E-state index contributed by atoms with van der Waals surface area (Å²) in [6, 6.07) is 2.25. The predicted molar refractivity (Wildman–Crippen MR) is 76.5 cm³/mol. The van der Waals surface area contributed by atoms with Crippen LogP contribution >= 0.6 is 0 Å². The van der Waals surface area contributed by atoms with E-state index in [-0.39, 0.29) is 5.92 Å². The van der Waals surface area contributed by atoms with Gasteiger partial charge in [-0.3, -0.25) is 0 Å². The van der Waals surface area contributed by atoms with E-state index >= 15 is 0 Å². The minimum Gasteiger partial charge on any atom is -0.367 e. The molecule has 5 heteroatoms. The Balaban J connectivity index is 2.77. The Morgan fingerprint density at radius 3 is 2.44 bits per heavy atom. The highest BCUT2D eigenvalue weighted by Crippen LogP contribution is 2.17. The first-order valence-corrected chi connectivity index (χ1v) is 6.69. The number of anilines is 2. The van der Waals surface area contributed by atoms with Crippen LogP contribution < -0.4 is 16.6 Å².